The summed E-state index contributed by atoms with van der Waals surface area (Å²) in [6.07, 6.45) is 3.49. The highest BCUT2D eigenvalue weighted by atomic mass is 16.5. The van der Waals surface area contributed by atoms with Crippen LogP contribution in [-0.2, 0) is 5.54 Å². The summed E-state index contributed by atoms with van der Waals surface area (Å²) >= 11 is 0. The van der Waals surface area contributed by atoms with E-state index in [0.717, 1.165) is 25.7 Å². The Morgan fingerprint density at radius 2 is 2.00 bits per heavy atom. The molecular formula is C13H17NO4. The molecule has 1 aromatic rings. The molecule has 0 atom stereocenters. The second-order valence-electron chi connectivity index (χ2n) is 4.74. The molecule has 1 aliphatic rings. The van der Waals surface area contributed by atoms with Crippen molar-refractivity contribution >= 4 is 5.97 Å². The Balaban J connectivity index is 2.54. The molecule has 0 amide bonds. The van der Waals surface area contributed by atoms with Crippen LogP contribution in [0.1, 0.15) is 41.6 Å². The van der Waals surface area contributed by atoms with Crippen LogP contribution in [0.15, 0.2) is 12.1 Å². The maximum absolute atomic E-state index is 11.2. The minimum absolute atomic E-state index is 0.00116. The molecule has 0 aromatic heterocycles. The van der Waals surface area contributed by atoms with Crippen LogP contribution in [0.2, 0.25) is 0 Å². The number of carboxylic acid groups (broad SMARTS) is 1. The van der Waals surface area contributed by atoms with Gasteiger partial charge in [-0.1, -0.05) is 12.8 Å². The van der Waals surface area contributed by atoms with Crippen molar-refractivity contribution < 1.29 is 19.7 Å². The van der Waals surface area contributed by atoms with E-state index in [2.05, 4.69) is 0 Å². The zero-order valence-corrected chi connectivity index (χ0v) is 10.3. The minimum Gasteiger partial charge on any atom is -0.507 e. The van der Waals surface area contributed by atoms with E-state index in [-0.39, 0.29) is 17.1 Å². The molecule has 1 aromatic carbocycles. The first kappa shape index (κ1) is 12.7. The third-order valence-electron chi connectivity index (χ3n) is 3.58. The standard InChI is InChI=1S/C13H17NO4/c1-18-11-7-10(15)9(6-8(11)12(16)17)13(14)4-2-3-5-13/h6-7,15H,2-5,14H2,1H3,(H,16,17). The molecule has 1 aliphatic carbocycles. The van der Waals surface area contributed by atoms with Gasteiger partial charge in [0, 0.05) is 17.2 Å². The Hall–Kier alpha value is -1.75. The van der Waals surface area contributed by atoms with Gasteiger partial charge in [0.25, 0.3) is 0 Å². The van der Waals surface area contributed by atoms with Crippen LogP contribution in [0.3, 0.4) is 0 Å². The molecular weight excluding hydrogens is 234 g/mol. The number of hydrogen-bond donors (Lipinski definition) is 3. The van der Waals surface area contributed by atoms with Gasteiger partial charge in [-0.05, 0) is 18.9 Å². The molecule has 0 heterocycles. The van der Waals surface area contributed by atoms with E-state index in [1.54, 1.807) is 0 Å². The Morgan fingerprint density at radius 1 is 1.39 bits per heavy atom. The number of carboxylic acids is 1. The molecule has 2 rings (SSSR count). The molecule has 0 spiro atoms. The molecule has 0 radical (unpaired) electrons. The van der Waals surface area contributed by atoms with Crippen molar-refractivity contribution in [2.45, 2.75) is 31.2 Å². The van der Waals surface area contributed by atoms with Gasteiger partial charge in [0.1, 0.15) is 17.1 Å². The average molecular weight is 251 g/mol. The fourth-order valence-electron chi connectivity index (χ4n) is 2.58. The van der Waals surface area contributed by atoms with Gasteiger partial charge < -0.3 is 20.7 Å². The van der Waals surface area contributed by atoms with Gasteiger partial charge in [0.15, 0.2) is 0 Å². The molecule has 0 saturated heterocycles. The van der Waals surface area contributed by atoms with E-state index in [4.69, 9.17) is 15.6 Å². The second kappa shape index (κ2) is 4.49. The molecule has 5 heteroatoms. The highest BCUT2D eigenvalue weighted by Crippen LogP contribution is 2.42. The first-order valence-electron chi connectivity index (χ1n) is 5.91. The number of carbonyl (C=O) groups is 1. The van der Waals surface area contributed by atoms with Crippen molar-refractivity contribution in [2.24, 2.45) is 5.73 Å². The number of aromatic hydroxyl groups is 1. The summed E-state index contributed by atoms with van der Waals surface area (Å²) in [5.41, 5.74) is 6.15. The SMILES string of the molecule is COc1cc(O)c(C2(N)CCCC2)cc1C(=O)O. The molecule has 0 bridgehead atoms. The number of phenols is 1. The van der Waals surface area contributed by atoms with Gasteiger partial charge in [-0.25, -0.2) is 4.79 Å². The zero-order chi connectivity index (χ0) is 13.3. The molecule has 1 fully saturated rings. The minimum atomic E-state index is -1.09. The summed E-state index contributed by atoms with van der Waals surface area (Å²) in [7, 11) is 1.37. The van der Waals surface area contributed by atoms with E-state index in [0.29, 0.717) is 5.56 Å². The first-order chi connectivity index (χ1) is 8.48. The number of nitrogens with two attached hydrogens (primary N) is 1. The number of hydrogen-bond acceptors (Lipinski definition) is 4. The Labute approximate surface area is 105 Å². The summed E-state index contributed by atoms with van der Waals surface area (Å²) in [6.45, 7) is 0. The van der Waals surface area contributed by atoms with Crippen LogP contribution >= 0.6 is 0 Å². The molecule has 98 valence electrons. The fourth-order valence-corrected chi connectivity index (χ4v) is 2.58. The van der Waals surface area contributed by atoms with E-state index in [1.807, 2.05) is 0 Å². The van der Waals surface area contributed by atoms with Crippen molar-refractivity contribution in [3.63, 3.8) is 0 Å². The third-order valence-corrected chi connectivity index (χ3v) is 3.58. The summed E-state index contributed by atoms with van der Waals surface area (Å²) in [6, 6.07) is 2.76. The summed E-state index contributed by atoms with van der Waals surface area (Å²) in [4.78, 5) is 11.2. The number of rotatable bonds is 3. The topological polar surface area (TPSA) is 92.8 Å². The highest BCUT2D eigenvalue weighted by molar-refractivity contribution is 5.91. The van der Waals surface area contributed by atoms with Gasteiger partial charge in [-0.2, -0.15) is 0 Å². The van der Waals surface area contributed by atoms with Crippen LogP contribution in [0, 0.1) is 0 Å². The van der Waals surface area contributed by atoms with E-state index in [1.165, 1.54) is 19.2 Å². The maximum Gasteiger partial charge on any atom is 0.339 e. The number of methoxy groups -OCH3 is 1. The van der Waals surface area contributed by atoms with Crippen LogP contribution in [-0.4, -0.2) is 23.3 Å². The number of ether oxygens (including phenoxy) is 1. The van der Waals surface area contributed by atoms with Gasteiger partial charge in [0.2, 0.25) is 0 Å². The van der Waals surface area contributed by atoms with Crippen LogP contribution in [0.4, 0.5) is 0 Å². The van der Waals surface area contributed by atoms with Crippen LogP contribution in [0.5, 0.6) is 11.5 Å². The Morgan fingerprint density at radius 3 is 2.50 bits per heavy atom. The van der Waals surface area contributed by atoms with Gasteiger partial charge in [-0.3, -0.25) is 0 Å². The van der Waals surface area contributed by atoms with Crippen molar-refractivity contribution in [1.82, 2.24) is 0 Å². The lowest BCUT2D eigenvalue weighted by Gasteiger charge is -2.26. The van der Waals surface area contributed by atoms with Crippen molar-refractivity contribution in [3.8, 4) is 11.5 Å². The van der Waals surface area contributed by atoms with E-state index >= 15 is 0 Å². The lowest BCUT2D eigenvalue weighted by atomic mass is 9.87. The summed E-state index contributed by atoms with van der Waals surface area (Å²) in [5.74, 6) is -0.943. The maximum atomic E-state index is 11.2. The van der Waals surface area contributed by atoms with Crippen molar-refractivity contribution in [3.05, 3.63) is 23.3 Å². The largest absolute Gasteiger partial charge is 0.507 e. The molecule has 4 N–H and O–H groups in total. The van der Waals surface area contributed by atoms with Gasteiger partial charge >= 0.3 is 5.97 Å². The molecule has 1 saturated carbocycles. The van der Waals surface area contributed by atoms with E-state index < -0.39 is 11.5 Å². The average Bonchev–Trinajstić information content (AvgIpc) is 2.76. The quantitative estimate of drug-likeness (QED) is 0.762. The second-order valence-corrected chi connectivity index (χ2v) is 4.74. The normalized spacial score (nSPS) is 17.7. The Kier molecular flexibility index (Phi) is 3.17. The Bertz CT molecular complexity index is 478. The first-order valence-corrected chi connectivity index (χ1v) is 5.91. The number of phenolic OH excluding ortho intramolecular Hbond substituents is 1. The van der Waals surface area contributed by atoms with Crippen molar-refractivity contribution in [1.29, 1.82) is 0 Å². The van der Waals surface area contributed by atoms with Crippen LogP contribution < -0.4 is 10.5 Å². The zero-order valence-electron chi connectivity index (χ0n) is 10.3. The lowest BCUT2D eigenvalue weighted by molar-refractivity contribution is 0.0693. The van der Waals surface area contributed by atoms with Crippen LogP contribution in [0.25, 0.3) is 0 Å². The molecule has 0 aliphatic heterocycles. The monoisotopic (exact) mass is 251 g/mol. The van der Waals surface area contributed by atoms with Gasteiger partial charge in [0.05, 0.1) is 7.11 Å². The predicted octanol–water partition coefficient (Wildman–Crippen LogP) is 1.83. The third kappa shape index (κ3) is 2.01. The number of aromatic carboxylic acids is 1. The fraction of sp³-hybridized carbons (Fsp3) is 0.462. The summed E-state index contributed by atoms with van der Waals surface area (Å²) < 4.78 is 4.96. The van der Waals surface area contributed by atoms with Gasteiger partial charge in [-0.15, -0.1) is 0 Å². The molecule has 5 nitrogen and oxygen atoms in total. The lowest BCUT2D eigenvalue weighted by Crippen LogP contribution is -2.33. The van der Waals surface area contributed by atoms with Crippen molar-refractivity contribution in [2.75, 3.05) is 7.11 Å². The molecule has 0 unspecified atom stereocenters. The number of benzene rings is 1. The smallest absolute Gasteiger partial charge is 0.339 e. The summed E-state index contributed by atoms with van der Waals surface area (Å²) in [5, 5.41) is 19.1. The molecule has 18 heavy (non-hydrogen) atoms. The van der Waals surface area contributed by atoms with E-state index in [9.17, 15) is 9.90 Å². The predicted molar refractivity (Wildman–Crippen MR) is 66.0 cm³/mol. The highest BCUT2D eigenvalue weighted by Gasteiger charge is 2.34.